The molecule has 0 spiro atoms. The number of fused-ring (bicyclic) bond motifs is 2. The number of ether oxygens (including phenoxy) is 1. The second-order valence-electron chi connectivity index (χ2n) is 8.38. The van der Waals surface area contributed by atoms with Crippen LogP contribution in [-0.2, 0) is 16.7 Å². The maximum absolute atomic E-state index is 12.5. The van der Waals surface area contributed by atoms with Crippen molar-refractivity contribution in [2.45, 2.75) is 57.7 Å². The Hall–Kier alpha value is -1.07. The molecule has 4 unspecified atom stereocenters. The molecule has 0 radical (unpaired) electrons. The molecule has 5 heteroatoms. The Morgan fingerprint density at radius 2 is 2.26 bits per heavy atom. The molecule has 4 heterocycles. The zero-order valence-electron chi connectivity index (χ0n) is 14.4. The van der Waals surface area contributed by atoms with Crippen LogP contribution in [0.2, 0.25) is 0 Å². The van der Waals surface area contributed by atoms with E-state index in [4.69, 9.17) is 4.74 Å². The first-order chi connectivity index (χ1) is 10.8. The summed E-state index contributed by atoms with van der Waals surface area (Å²) >= 11 is 1.86. The number of carbonyl (C=O) groups is 1. The Labute approximate surface area is 142 Å². The van der Waals surface area contributed by atoms with Gasteiger partial charge in [0.1, 0.15) is 5.60 Å². The predicted molar refractivity (Wildman–Crippen MR) is 91.7 cm³/mol. The van der Waals surface area contributed by atoms with Crippen molar-refractivity contribution in [3.63, 3.8) is 0 Å². The van der Waals surface area contributed by atoms with Gasteiger partial charge in [-0.3, -0.25) is 0 Å². The van der Waals surface area contributed by atoms with Crippen LogP contribution in [0.5, 0.6) is 0 Å². The Balaban J connectivity index is 1.57. The molecule has 2 saturated heterocycles. The van der Waals surface area contributed by atoms with Gasteiger partial charge < -0.3 is 15.0 Å². The highest BCUT2D eigenvalue weighted by Gasteiger charge is 2.62. The lowest BCUT2D eigenvalue weighted by Crippen LogP contribution is -2.59. The molecule has 4 aliphatic rings. The van der Waals surface area contributed by atoms with Gasteiger partial charge >= 0.3 is 6.09 Å². The van der Waals surface area contributed by atoms with Crippen molar-refractivity contribution in [1.29, 1.82) is 0 Å². The quantitative estimate of drug-likeness (QED) is 0.856. The average molecular weight is 334 g/mol. The number of hydrogen-bond donors (Lipinski definition) is 1. The van der Waals surface area contributed by atoms with Crippen LogP contribution in [0.4, 0.5) is 4.79 Å². The predicted octanol–water partition coefficient (Wildman–Crippen LogP) is 3.36. The Morgan fingerprint density at radius 1 is 1.48 bits per heavy atom. The van der Waals surface area contributed by atoms with Gasteiger partial charge in [0.25, 0.3) is 0 Å². The molecule has 3 aliphatic heterocycles. The normalized spacial score (nSPS) is 35.7. The van der Waals surface area contributed by atoms with E-state index in [0.717, 1.165) is 25.9 Å². The smallest absolute Gasteiger partial charge is 0.410 e. The van der Waals surface area contributed by atoms with Crippen LogP contribution in [-0.4, -0.2) is 35.7 Å². The summed E-state index contributed by atoms with van der Waals surface area (Å²) in [4.78, 5) is 16.0. The molecule has 1 amide bonds. The lowest BCUT2D eigenvalue weighted by Gasteiger charge is -2.50. The molecule has 5 rings (SSSR count). The second-order valence-corrected chi connectivity index (χ2v) is 9.29. The largest absolute Gasteiger partial charge is 0.444 e. The first kappa shape index (κ1) is 15.5. The zero-order chi connectivity index (χ0) is 16.4. The van der Waals surface area contributed by atoms with E-state index in [0.29, 0.717) is 17.9 Å². The molecule has 1 aromatic rings. The average Bonchev–Trinajstić information content (AvgIpc) is 3.10. The molecule has 1 aliphatic carbocycles. The highest BCUT2D eigenvalue weighted by molar-refractivity contribution is 7.10. The van der Waals surface area contributed by atoms with E-state index in [9.17, 15) is 4.79 Å². The summed E-state index contributed by atoms with van der Waals surface area (Å²) < 4.78 is 5.61. The van der Waals surface area contributed by atoms with Crippen molar-refractivity contribution >= 4 is 17.4 Å². The Bertz CT molecular complexity index is 635. The maximum Gasteiger partial charge on any atom is 0.410 e. The van der Waals surface area contributed by atoms with Gasteiger partial charge in [-0.25, -0.2) is 4.79 Å². The molecule has 2 bridgehead atoms. The van der Waals surface area contributed by atoms with Crippen LogP contribution in [0.25, 0.3) is 0 Å². The summed E-state index contributed by atoms with van der Waals surface area (Å²) in [5.41, 5.74) is 1.07. The first-order valence-corrected chi connectivity index (χ1v) is 9.49. The molecule has 0 aromatic carbocycles. The molecule has 1 aromatic heterocycles. The minimum Gasteiger partial charge on any atom is -0.444 e. The number of rotatable bonds is 1. The fourth-order valence-electron chi connectivity index (χ4n) is 4.80. The fraction of sp³-hybridized carbons (Fsp3) is 0.722. The van der Waals surface area contributed by atoms with Crippen molar-refractivity contribution < 1.29 is 9.53 Å². The van der Waals surface area contributed by atoms with Gasteiger partial charge in [-0.1, -0.05) is 0 Å². The monoisotopic (exact) mass is 334 g/mol. The summed E-state index contributed by atoms with van der Waals surface area (Å²) in [6.07, 6.45) is 2.10. The number of hydrogen-bond acceptors (Lipinski definition) is 4. The van der Waals surface area contributed by atoms with Gasteiger partial charge in [-0.15, -0.1) is 11.3 Å². The minimum absolute atomic E-state index is 0.00605. The van der Waals surface area contributed by atoms with Crippen LogP contribution < -0.4 is 5.32 Å². The van der Waals surface area contributed by atoms with E-state index in [-0.39, 0.29) is 11.6 Å². The van der Waals surface area contributed by atoms with Crippen molar-refractivity contribution in [2.24, 2.45) is 11.8 Å². The van der Waals surface area contributed by atoms with Gasteiger partial charge in [-0.05, 0) is 63.5 Å². The molecule has 23 heavy (non-hydrogen) atoms. The van der Waals surface area contributed by atoms with Crippen LogP contribution in [0.3, 0.4) is 0 Å². The van der Waals surface area contributed by atoms with Crippen LogP contribution >= 0.6 is 11.3 Å². The summed E-state index contributed by atoms with van der Waals surface area (Å²) in [5, 5.41) is 5.99. The minimum atomic E-state index is -0.423. The van der Waals surface area contributed by atoms with E-state index in [1.54, 1.807) is 0 Å². The van der Waals surface area contributed by atoms with E-state index < -0.39 is 5.60 Å². The van der Waals surface area contributed by atoms with E-state index in [2.05, 4.69) is 23.7 Å². The lowest BCUT2D eigenvalue weighted by molar-refractivity contribution is 0.00943. The van der Waals surface area contributed by atoms with Crippen molar-refractivity contribution in [2.75, 3.05) is 13.1 Å². The van der Waals surface area contributed by atoms with Gasteiger partial charge in [0.05, 0.1) is 5.54 Å². The second kappa shape index (κ2) is 4.96. The topological polar surface area (TPSA) is 41.6 Å². The summed E-state index contributed by atoms with van der Waals surface area (Å²) in [6.45, 7) is 10.0. The first-order valence-electron chi connectivity index (χ1n) is 8.61. The standard InChI is InChI=1S/C18H26N2O2S/c1-17(2,3)22-16(21)20-10-12-9-13(20)14(12)18(4)15-11(5-7-19-18)6-8-23-15/h6,8,12-14,19H,5,7,9-10H2,1-4H3. The third-order valence-electron chi connectivity index (χ3n) is 5.70. The highest BCUT2D eigenvalue weighted by Crippen LogP contribution is 2.56. The Morgan fingerprint density at radius 3 is 3.00 bits per heavy atom. The third-order valence-corrected chi connectivity index (χ3v) is 6.89. The van der Waals surface area contributed by atoms with E-state index in [1.165, 1.54) is 10.4 Å². The molecule has 126 valence electrons. The van der Waals surface area contributed by atoms with Gasteiger partial charge in [0.2, 0.25) is 0 Å². The molecule has 1 saturated carbocycles. The van der Waals surface area contributed by atoms with Crippen molar-refractivity contribution in [1.82, 2.24) is 10.2 Å². The molecular formula is C18H26N2O2S. The molecular weight excluding hydrogens is 308 g/mol. The lowest BCUT2D eigenvalue weighted by atomic mass is 9.62. The van der Waals surface area contributed by atoms with Crippen molar-refractivity contribution in [3.8, 4) is 0 Å². The maximum atomic E-state index is 12.5. The van der Waals surface area contributed by atoms with Crippen molar-refractivity contribution in [3.05, 3.63) is 21.9 Å². The molecule has 4 nitrogen and oxygen atoms in total. The molecule has 4 atom stereocenters. The number of carbonyl (C=O) groups excluding carboxylic acids is 1. The van der Waals surface area contributed by atoms with Crippen LogP contribution in [0.15, 0.2) is 11.4 Å². The van der Waals surface area contributed by atoms with Crippen LogP contribution in [0, 0.1) is 11.8 Å². The number of nitrogens with zero attached hydrogens (tertiary/aromatic N) is 1. The highest BCUT2D eigenvalue weighted by atomic mass is 32.1. The van der Waals surface area contributed by atoms with Gasteiger partial charge in [0.15, 0.2) is 0 Å². The number of nitrogens with one attached hydrogen (secondary N) is 1. The fourth-order valence-corrected chi connectivity index (χ4v) is 5.94. The van der Waals surface area contributed by atoms with E-state index >= 15 is 0 Å². The number of thiophene rings is 1. The van der Waals surface area contributed by atoms with Gasteiger partial charge in [0, 0.05) is 29.9 Å². The summed E-state index contributed by atoms with van der Waals surface area (Å²) in [7, 11) is 0. The van der Waals surface area contributed by atoms with Crippen LogP contribution in [0.1, 0.15) is 44.6 Å². The summed E-state index contributed by atoms with van der Waals surface area (Å²) in [6, 6.07) is 2.59. The molecule has 1 N–H and O–H groups in total. The molecule has 3 fully saturated rings. The Kier molecular flexibility index (Phi) is 3.34. The van der Waals surface area contributed by atoms with Gasteiger partial charge in [-0.2, -0.15) is 0 Å². The SMILES string of the molecule is CC(C)(C)OC(=O)N1CC2CC1C2C1(C)NCCc2ccsc21. The van der Waals surface area contributed by atoms with E-state index in [1.807, 2.05) is 37.0 Å². The number of amides is 1. The summed E-state index contributed by atoms with van der Waals surface area (Å²) in [5.74, 6) is 1.10. The third kappa shape index (κ3) is 2.31. The zero-order valence-corrected chi connectivity index (χ0v) is 15.2.